The number of anilines is 1. The van der Waals surface area contributed by atoms with Crippen LogP contribution in [-0.4, -0.2) is 22.8 Å². The molecule has 1 atom stereocenters. The van der Waals surface area contributed by atoms with Crippen LogP contribution in [-0.2, 0) is 16.0 Å². The SMILES string of the molecule is O=C(NC1CCCCC1)[C@H](c1ccccc1F)N(C(=O)Cc1c[nH]c2ccccc12)c1ccccc1. The second-order valence-corrected chi connectivity index (χ2v) is 9.40. The van der Waals surface area contributed by atoms with Crippen molar-refractivity contribution in [1.29, 1.82) is 0 Å². The Hall–Kier alpha value is -3.93. The third-order valence-electron chi connectivity index (χ3n) is 6.98. The number of amides is 2. The summed E-state index contributed by atoms with van der Waals surface area (Å²) >= 11 is 0. The number of nitrogens with zero attached hydrogens (tertiary/aromatic N) is 1. The van der Waals surface area contributed by atoms with Crippen LogP contribution in [0.3, 0.4) is 0 Å². The lowest BCUT2D eigenvalue weighted by atomic mass is 9.94. The maximum absolute atomic E-state index is 15.2. The van der Waals surface area contributed by atoms with Crippen molar-refractivity contribution in [1.82, 2.24) is 10.3 Å². The van der Waals surface area contributed by atoms with Crippen LogP contribution in [0.5, 0.6) is 0 Å². The minimum Gasteiger partial charge on any atom is -0.361 e. The van der Waals surface area contributed by atoms with Crippen LogP contribution in [0.25, 0.3) is 10.9 Å². The van der Waals surface area contributed by atoms with E-state index in [2.05, 4.69) is 10.3 Å². The molecule has 2 N–H and O–H groups in total. The van der Waals surface area contributed by atoms with Gasteiger partial charge in [0.2, 0.25) is 11.8 Å². The largest absolute Gasteiger partial charge is 0.361 e. The van der Waals surface area contributed by atoms with E-state index in [4.69, 9.17) is 0 Å². The first kappa shape index (κ1) is 23.8. The van der Waals surface area contributed by atoms with Gasteiger partial charge in [-0.2, -0.15) is 0 Å². The van der Waals surface area contributed by atoms with Gasteiger partial charge in [0.15, 0.2) is 0 Å². The van der Waals surface area contributed by atoms with Gasteiger partial charge in [-0.15, -0.1) is 0 Å². The van der Waals surface area contributed by atoms with Crippen molar-refractivity contribution >= 4 is 28.4 Å². The Labute approximate surface area is 210 Å². The fraction of sp³-hybridized carbons (Fsp3) is 0.267. The normalized spacial score (nSPS) is 14.9. The number of halogens is 1. The molecule has 0 saturated heterocycles. The van der Waals surface area contributed by atoms with Gasteiger partial charge in [0.25, 0.3) is 0 Å². The van der Waals surface area contributed by atoms with Gasteiger partial charge in [-0.1, -0.05) is 73.9 Å². The molecular weight excluding hydrogens is 453 g/mol. The summed E-state index contributed by atoms with van der Waals surface area (Å²) in [6.45, 7) is 0. The summed E-state index contributed by atoms with van der Waals surface area (Å²) in [6, 6.07) is 22.0. The van der Waals surface area contributed by atoms with Gasteiger partial charge >= 0.3 is 0 Å². The van der Waals surface area contributed by atoms with E-state index in [1.165, 1.54) is 11.0 Å². The Kier molecular flexibility index (Phi) is 7.12. The van der Waals surface area contributed by atoms with E-state index < -0.39 is 11.9 Å². The van der Waals surface area contributed by atoms with Crippen LogP contribution < -0.4 is 10.2 Å². The number of carbonyl (C=O) groups excluding carboxylic acids is 2. The first-order valence-corrected chi connectivity index (χ1v) is 12.6. The molecule has 1 aliphatic rings. The van der Waals surface area contributed by atoms with Gasteiger partial charge in [-0.3, -0.25) is 14.5 Å². The smallest absolute Gasteiger partial charge is 0.248 e. The zero-order valence-corrected chi connectivity index (χ0v) is 20.1. The Balaban J connectivity index is 1.55. The predicted octanol–water partition coefficient (Wildman–Crippen LogP) is 6.07. The van der Waals surface area contributed by atoms with Gasteiger partial charge in [-0.25, -0.2) is 4.39 Å². The summed E-state index contributed by atoms with van der Waals surface area (Å²) in [5.74, 6) is -1.15. The molecule has 1 heterocycles. The zero-order chi connectivity index (χ0) is 24.9. The van der Waals surface area contributed by atoms with Crippen molar-refractivity contribution in [2.75, 3.05) is 4.90 Å². The fourth-order valence-electron chi connectivity index (χ4n) is 5.17. The summed E-state index contributed by atoms with van der Waals surface area (Å²) in [4.78, 5) is 32.5. The average molecular weight is 484 g/mol. The number of aromatic nitrogens is 1. The Morgan fingerprint density at radius 2 is 1.61 bits per heavy atom. The highest BCUT2D eigenvalue weighted by atomic mass is 19.1. The highest BCUT2D eigenvalue weighted by Gasteiger charge is 2.35. The summed E-state index contributed by atoms with van der Waals surface area (Å²) < 4.78 is 15.2. The van der Waals surface area contributed by atoms with Crippen molar-refractivity contribution in [3.8, 4) is 0 Å². The van der Waals surface area contributed by atoms with Crippen LogP contribution in [0.2, 0.25) is 0 Å². The number of hydrogen-bond donors (Lipinski definition) is 2. The Bertz CT molecular complexity index is 1340. The molecule has 5 rings (SSSR count). The van der Waals surface area contributed by atoms with Crippen molar-refractivity contribution in [2.24, 2.45) is 0 Å². The van der Waals surface area contributed by atoms with E-state index in [0.29, 0.717) is 5.69 Å². The van der Waals surface area contributed by atoms with Crippen LogP contribution in [0, 0.1) is 5.82 Å². The van der Waals surface area contributed by atoms with E-state index in [9.17, 15) is 9.59 Å². The van der Waals surface area contributed by atoms with Crippen LogP contribution in [0.4, 0.5) is 10.1 Å². The molecule has 1 aromatic heterocycles. The molecule has 184 valence electrons. The fourth-order valence-corrected chi connectivity index (χ4v) is 5.17. The zero-order valence-electron chi connectivity index (χ0n) is 20.1. The molecule has 1 fully saturated rings. The van der Waals surface area contributed by atoms with Crippen molar-refractivity contribution in [3.63, 3.8) is 0 Å². The predicted molar refractivity (Wildman–Crippen MR) is 140 cm³/mol. The number of hydrogen-bond acceptors (Lipinski definition) is 2. The molecule has 1 aliphatic carbocycles. The molecule has 4 aromatic rings. The maximum Gasteiger partial charge on any atom is 0.248 e. The molecule has 2 amide bonds. The van der Waals surface area contributed by atoms with Crippen LogP contribution in [0.1, 0.15) is 49.3 Å². The second kappa shape index (κ2) is 10.8. The van der Waals surface area contributed by atoms with Crippen molar-refractivity contribution in [2.45, 2.75) is 50.6 Å². The number of H-pyrrole nitrogens is 1. The molecule has 0 spiro atoms. The first-order chi connectivity index (χ1) is 17.6. The van der Waals surface area contributed by atoms with E-state index in [0.717, 1.165) is 48.6 Å². The van der Waals surface area contributed by atoms with Crippen molar-refractivity contribution < 1.29 is 14.0 Å². The van der Waals surface area contributed by atoms with E-state index in [1.54, 1.807) is 30.3 Å². The minimum atomic E-state index is -1.13. The minimum absolute atomic E-state index is 0.0295. The molecule has 6 heteroatoms. The molecule has 0 bridgehead atoms. The molecule has 3 aromatic carbocycles. The molecule has 5 nitrogen and oxygen atoms in total. The third kappa shape index (κ3) is 5.03. The highest BCUT2D eigenvalue weighted by molar-refractivity contribution is 6.03. The monoisotopic (exact) mass is 483 g/mol. The lowest BCUT2D eigenvalue weighted by Gasteiger charge is -2.33. The molecule has 36 heavy (non-hydrogen) atoms. The number of nitrogens with one attached hydrogen (secondary N) is 2. The average Bonchev–Trinajstić information content (AvgIpc) is 3.31. The van der Waals surface area contributed by atoms with E-state index in [-0.39, 0.29) is 29.8 Å². The van der Waals surface area contributed by atoms with Gasteiger partial charge in [-0.05, 0) is 42.7 Å². The number of fused-ring (bicyclic) bond motifs is 1. The van der Waals surface area contributed by atoms with Crippen LogP contribution in [0.15, 0.2) is 85.1 Å². The Morgan fingerprint density at radius 1 is 0.917 bits per heavy atom. The van der Waals surface area contributed by atoms with Gasteiger partial charge in [0, 0.05) is 34.4 Å². The van der Waals surface area contributed by atoms with E-state index >= 15 is 4.39 Å². The topological polar surface area (TPSA) is 65.2 Å². The number of carbonyl (C=O) groups is 2. The summed E-state index contributed by atoms with van der Waals surface area (Å²) in [5, 5.41) is 4.08. The number of rotatable bonds is 7. The number of para-hydroxylation sites is 2. The summed E-state index contributed by atoms with van der Waals surface area (Å²) in [7, 11) is 0. The van der Waals surface area contributed by atoms with E-state index in [1.807, 2.05) is 48.7 Å². The van der Waals surface area contributed by atoms with Gasteiger partial charge in [0.1, 0.15) is 11.9 Å². The molecule has 0 aliphatic heterocycles. The second-order valence-electron chi connectivity index (χ2n) is 9.40. The standard InChI is InChI=1S/C30H30FN3O2/c31-26-17-9-7-16-25(26)29(30(36)33-22-11-3-1-4-12-22)34(23-13-5-2-6-14-23)28(35)19-21-20-32-27-18-10-8-15-24(21)27/h2,5-10,13-18,20,22,29,32H,1,3-4,11-12,19H2,(H,33,36)/t29-/m0/s1. The van der Waals surface area contributed by atoms with Crippen molar-refractivity contribution in [3.05, 3.63) is 102 Å². The lowest BCUT2D eigenvalue weighted by Crippen LogP contribution is -2.48. The summed E-state index contributed by atoms with van der Waals surface area (Å²) in [6.07, 6.45) is 6.94. The molecular formula is C30H30FN3O2. The summed E-state index contributed by atoms with van der Waals surface area (Å²) in [5.41, 5.74) is 2.50. The molecule has 1 saturated carbocycles. The lowest BCUT2D eigenvalue weighted by molar-refractivity contribution is -0.127. The van der Waals surface area contributed by atoms with Crippen LogP contribution >= 0.6 is 0 Å². The number of benzene rings is 3. The number of aromatic amines is 1. The third-order valence-corrected chi connectivity index (χ3v) is 6.98. The Morgan fingerprint density at radius 3 is 2.39 bits per heavy atom. The highest BCUT2D eigenvalue weighted by Crippen LogP contribution is 2.32. The molecule has 0 unspecified atom stereocenters. The molecule has 0 radical (unpaired) electrons. The maximum atomic E-state index is 15.2. The first-order valence-electron chi connectivity index (χ1n) is 12.6. The van der Waals surface area contributed by atoms with Gasteiger partial charge in [0.05, 0.1) is 6.42 Å². The van der Waals surface area contributed by atoms with Gasteiger partial charge < -0.3 is 10.3 Å². The quantitative estimate of drug-likeness (QED) is 0.335.